The molecule has 1 fully saturated rings. The fourth-order valence-electron chi connectivity index (χ4n) is 3.49. The van der Waals surface area contributed by atoms with Crippen LogP contribution in [0.2, 0.25) is 0 Å². The van der Waals surface area contributed by atoms with Crippen LogP contribution in [0.25, 0.3) is 0 Å². The van der Waals surface area contributed by atoms with Crippen molar-refractivity contribution in [1.82, 2.24) is 4.90 Å². The highest BCUT2D eigenvalue weighted by molar-refractivity contribution is 5.69. The monoisotopic (exact) mass is 271 g/mol. The van der Waals surface area contributed by atoms with Crippen molar-refractivity contribution in [1.29, 1.82) is 0 Å². The van der Waals surface area contributed by atoms with E-state index in [1.807, 2.05) is 6.92 Å². The molecule has 1 aliphatic heterocycles. The summed E-state index contributed by atoms with van der Waals surface area (Å²) < 4.78 is 10.6. The third-order valence-corrected chi connectivity index (χ3v) is 4.09. The Morgan fingerprint density at radius 2 is 1.74 bits per heavy atom. The summed E-state index contributed by atoms with van der Waals surface area (Å²) in [4.78, 5) is 13.8. The molecule has 4 nitrogen and oxygen atoms in total. The van der Waals surface area contributed by atoms with Crippen molar-refractivity contribution < 1.29 is 14.3 Å². The van der Waals surface area contributed by atoms with E-state index in [4.69, 9.17) is 9.47 Å². The summed E-state index contributed by atoms with van der Waals surface area (Å²) in [5.41, 5.74) is 0.0746. The maximum atomic E-state index is 11.4. The maximum absolute atomic E-state index is 11.4. The van der Waals surface area contributed by atoms with Crippen LogP contribution in [-0.2, 0) is 14.3 Å². The zero-order valence-electron chi connectivity index (χ0n) is 13.3. The van der Waals surface area contributed by atoms with E-state index in [-0.39, 0.29) is 17.0 Å². The van der Waals surface area contributed by atoms with E-state index in [9.17, 15) is 4.79 Å². The molecule has 0 aromatic rings. The number of hydrogen-bond acceptors (Lipinski definition) is 4. The molecule has 1 saturated heterocycles. The van der Waals surface area contributed by atoms with Crippen molar-refractivity contribution in [3.8, 4) is 0 Å². The lowest BCUT2D eigenvalue weighted by atomic mass is 9.78. The van der Waals surface area contributed by atoms with E-state index < -0.39 is 0 Å². The Kier molecular flexibility index (Phi) is 5.39. The molecule has 4 heteroatoms. The molecule has 0 N–H and O–H groups in total. The fraction of sp³-hybridized carbons (Fsp3) is 0.933. The molecule has 112 valence electrons. The molecule has 19 heavy (non-hydrogen) atoms. The van der Waals surface area contributed by atoms with Crippen LogP contribution in [0.15, 0.2) is 0 Å². The van der Waals surface area contributed by atoms with Gasteiger partial charge in [0.2, 0.25) is 0 Å². The van der Waals surface area contributed by atoms with Crippen LogP contribution < -0.4 is 0 Å². The quantitative estimate of drug-likeness (QED) is 0.721. The number of carbonyl (C=O) groups is 1. The predicted molar refractivity (Wildman–Crippen MR) is 76.1 cm³/mol. The van der Waals surface area contributed by atoms with E-state index >= 15 is 0 Å². The van der Waals surface area contributed by atoms with Gasteiger partial charge in [-0.05, 0) is 47.5 Å². The van der Waals surface area contributed by atoms with Crippen molar-refractivity contribution in [2.75, 3.05) is 20.3 Å². The number of likely N-dealkylation sites (tertiary alicyclic amines) is 1. The summed E-state index contributed by atoms with van der Waals surface area (Å²) >= 11 is 0. The van der Waals surface area contributed by atoms with Gasteiger partial charge in [0, 0.05) is 24.2 Å². The number of esters is 1. The Hall–Kier alpha value is -0.610. The highest BCUT2D eigenvalue weighted by atomic mass is 16.5. The van der Waals surface area contributed by atoms with Gasteiger partial charge in [-0.2, -0.15) is 0 Å². The third-order valence-electron chi connectivity index (χ3n) is 4.09. The molecule has 0 amide bonds. The van der Waals surface area contributed by atoms with E-state index in [0.717, 1.165) is 26.0 Å². The third kappa shape index (κ3) is 4.18. The summed E-state index contributed by atoms with van der Waals surface area (Å²) in [5, 5.41) is 0. The van der Waals surface area contributed by atoms with Gasteiger partial charge in [0.25, 0.3) is 0 Å². The van der Waals surface area contributed by atoms with Crippen LogP contribution in [0.1, 0.15) is 53.9 Å². The number of nitrogens with zero attached hydrogens (tertiary/aromatic N) is 1. The van der Waals surface area contributed by atoms with Gasteiger partial charge in [0.1, 0.15) is 0 Å². The second-order valence-electron chi connectivity index (χ2n) is 6.59. The average molecular weight is 271 g/mol. The molecule has 0 spiro atoms. The van der Waals surface area contributed by atoms with E-state index in [1.165, 1.54) is 7.11 Å². The molecule has 0 aliphatic carbocycles. The Bertz CT molecular complexity index is 295. The summed E-state index contributed by atoms with van der Waals surface area (Å²) in [7, 11) is 1.44. The second-order valence-corrected chi connectivity index (χ2v) is 6.59. The van der Waals surface area contributed by atoms with Gasteiger partial charge in [-0.1, -0.05) is 0 Å². The SMILES string of the molecule is CCOC1CC(C)(C)N(CCC(=O)OC)C(C)(C)C1. The van der Waals surface area contributed by atoms with Crippen molar-refractivity contribution in [2.24, 2.45) is 0 Å². The van der Waals surface area contributed by atoms with Gasteiger partial charge in [-0.25, -0.2) is 0 Å². The first-order valence-corrected chi connectivity index (χ1v) is 7.19. The van der Waals surface area contributed by atoms with Crippen molar-refractivity contribution in [3.63, 3.8) is 0 Å². The van der Waals surface area contributed by atoms with Crippen molar-refractivity contribution >= 4 is 5.97 Å². The van der Waals surface area contributed by atoms with Crippen LogP contribution >= 0.6 is 0 Å². The maximum Gasteiger partial charge on any atom is 0.306 e. The van der Waals surface area contributed by atoms with Crippen LogP contribution in [0, 0.1) is 0 Å². The lowest BCUT2D eigenvalue weighted by Gasteiger charge is -2.55. The molecular weight excluding hydrogens is 242 g/mol. The Morgan fingerprint density at radius 3 is 2.16 bits per heavy atom. The Morgan fingerprint density at radius 1 is 1.21 bits per heavy atom. The molecule has 0 bridgehead atoms. The smallest absolute Gasteiger partial charge is 0.306 e. The van der Waals surface area contributed by atoms with Gasteiger partial charge < -0.3 is 9.47 Å². The minimum Gasteiger partial charge on any atom is -0.469 e. The van der Waals surface area contributed by atoms with Gasteiger partial charge in [-0.15, -0.1) is 0 Å². The van der Waals surface area contributed by atoms with Crippen molar-refractivity contribution in [3.05, 3.63) is 0 Å². The highest BCUT2D eigenvalue weighted by Crippen LogP contribution is 2.39. The first kappa shape index (κ1) is 16.4. The predicted octanol–water partition coefficient (Wildman–Crippen LogP) is 2.61. The lowest BCUT2D eigenvalue weighted by molar-refractivity contribution is -0.143. The first-order chi connectivity index (χ1) is 8.73. The summed E-state index contributed by atoms with van der Waals surface area (Å²) in [6, 6.07) is 0. The number of ether oxygens (including phenoxy) is 2. The minimum absolute atomic E-state index is 0.0373. The van der Waals surface area contributed by atoms with Gasteiger partial charge >= 0.3 is 5.97 Å². The van der Waals surface area contributed by atoms with Crippen LogP contribution in [0.4, 0.5) is 0 Å². The second kappa shape index (κ2) is 6.23. The summed E-state index contributed by atoms with van der Waals surface area (Å²) in [5.74, 6) is -0.140. The number of rotatable bonds is 5. The van der Waals surface area contributed by atoms with Gasteiger partial charge in [0.15, 0.2) is 0 Å². The fourth-order valence-corrected chi connectivity index (χ4v) is 3.49. The van der Waals surface area contributed by atoms with E-state index in [2.05, 4.69) is 32.6 Å². The lowest BCUT2D eigenvalue weighted by Crippen LogP contribution is -2.62. The topological polar surface area (TPSA) is 38.8 Å². The highest BCUT2D eigenvalue weighted by Gasteiger charge is 2.45. The number of methoxy groups -OCH3 is 1. The standard InChI is InChI=1S/C15H29NO3/c1-7-19-12-10-14(2,3)16(15(4,5)11-12)9-8-13(17)18-6/h12H,7-11H2,1-6H3. The number of carbonyl (C=O) groups excluding carboxylic acids is 1. The number of hydrogen-bond donors (Lipinski definition) is 0. The first-order valence-electron chi connectivity index (χ1n) is 7.19. The zero-order valence-corrected chi connectivity index (χ0v) is 13.3. The van der Waals surface area contributed by atoms with E-state index in [1.54, 1.807) is 0 Å². The minimum atomic E-state index is -0.140. The molecule has 0 saturated carbocycles. The Labute approximate surface area is 117 Å². The molecular formula is C15H29NO3. The van der Waals surface area contributed by atoms with Gasteiger partial charge in [0.05, 0.1) is 19.6 Å². The Balaban J connectivity index is 2.76. The largest absolute Gasteiger partial charge is 0.469 e. The molecule has 0 aromatic heterocycles. The van der Waals surface area contributed by atoms with Crippen LogP contribution in [0.3, 0.4) is 0 Å². The van der Waals surface area contributed by atoms with Crippen LogP contribution in [-0.4, -0.2) is 48.3 Å². The number of piperidine rings is 1. The van der Waals surface area contributed by atoms with Crippen molar-refractivity contribution in [2.45, 2.75) is 71.1 Å². The normalized spacial score (nSPS) is 23.3. The molecule has 1 rings (SSSR count). The van der Waals surface area contributed by atoms with E-state index in [0.29, 0.717) is 12.5 Å². The summed E-state index contributed by atoms with van der Waals surface area (Å²) in [6.07, 6.45) is 2.77. The molecule has 1 aliphatic rings. The average Bonchev–Trinajstić information content (AvgIpc) is 2.25. The van der Waals surface area contributed by atoms with Crippen LogP contribution in [0.5, 0.6) is 0 Å². The summed E-state index contributed by atoms with van der Waals surface area (Å²) in [6.45, 7) is 12.5. The molecule has 0 aromatic carbocycles. The van der Waals surface area contributed by atoms with Gasteiger partial charge in [-0.3, -0.25) is 9.69 Å². The molecule has 0 radical (unpaired) electrons. The zero-order chi connectivity index (χ0) is 14.7. The molecule has 0 atom stereocenters. The molecule has 1 heterocycles. The molecule has 0 unspecified atom stereocenters.